The van der Waals surface area contributed by atoms with Gasteiger partial charge in [0.15, 0.2) is 0 Å². The Labute approximate surface area is 116 Å². The molecule has 0 aliphatic heterocycles. The van der Waals surface area contributed by atoms with Crippen molar-refractivity contribution >= 4 is 5.91 Å². The van der Waals surface area contributed by atoms with E-state index in [2.05, 4.69) is 11.2 Å². The molecule has 0 radical (unpaired) electrons. The summed E-state index contributed by atoms with van der Waals surface area (Å²) in [6.45, 7) is 0.797. The van der Waals surface area contributed by atoms with Crippen LogP contribution < -0.4 is 5.32 Å². The molecule has 1 aromatic rings. The molecule has 0 aliphatic carbocycles. The summed E-state index contributed by atoms with van der Waals surface area (Å²) in [5.41, 5.74) is -4.08. The van der Waals surface area contributed by atoms with Crippen molar-refractivity contribution in [2.45, 2.75) is 19.3 Å². The number of benzene rings is 1. The van der Waals surface area contributed by atoms with Gasteiger partial charge in [0.25, 0.3) is 0 Å². The van der Waals surface area contributed by atoms with Crippen molar-refractivity contribution in [3.63, 3.8) is 0 Å². The summed E-state index contributed by atoms with van der Waals surface area (Å²) >= 11 is 0. The van der Waals surface area contributed by atoms with Gasteiger partial charge in [0.1, 0.15) is 0 Å². The number of nitrogens with one attached hydrogen (secondary N) is 1. The fraction of sp³-hybridized carbons (Fsp3) is 0.308. The van der Waals surface area contributed by atoms with E-state index in [1.807, 2.05) is 5.92 Å². The molecule has 0 bridgehead atoms. The summed E-state index contributed by atoms with van der Waals surface area (Å²) in [7, 11) is 0. The van der Waals surface area contributed by atoms with E-state index >= 15 is 0 Å². The molecular formula is C13H9F6NO. The van der Waals surface area contributed by atoms with Crippen LogP contribution in [0.5, 0.6) is 0 Å². The van der Waals surface area contributed by atoms with Gasteiger partial charge in [-0.25, -0.2) is 0 Å². The predicted molar refractivity (Wildman–Crippen MR) is 62.0 cm³/mol. The van der Waals surface area contributed by atoms with E-state index in [-0.39, 0.29) is 6.54 Å². The third-order valence-electron chi connectivity index (χ3n) is 2.31. The quantitative estimate of drug-likeness (QED) is 0.626. The molecule has 2 nitrogen and oxygen atoms in total. The highest BCUT2D eigenvalue weighted by Crippen LogP contribution is 2.38. The fourth-order valence-electron chi connectivity index (χ4n) is 1.46. The fourth-order valence-corrected chi connectivity index (χ4v) is 1.46. The summed E-state index contributed by atoms with van der Waals surface area (Å²) in [6.07, 6.45) is -9.92. The second kappa shape index (κ2) is 6.08. The van der Waals surface area contributed by atoms with Crippen LogP contribution in [0.3, 0.4) is 0 Å². The number of halogens is 6. The average molecular weight is 309 g/mol. The predicted octanol–water partition coefficient (Wildman–Crippen LogP) is 3.21. The molecule has 0 spiro atoms. The molecule has 0 saturated heterocycles. The Morgan fingerprint density at radius 3 is 1.95 bits per heavy atom. The van der Waals surface area contributed by atoms with E-state index in [1.54, 1.807) is 0 Å². The zero-order valence-corrected chi connectivity index (χ0v) is 10.6. The van der Waals surface area contributed by atoms with Crippen molar-refractivity contribution in [1.29, 1.82) is 0 Å². The van der Waals surface area contributed by atoms with Crippen molar-refractivity contribution in [2.24, 2.45) is 0 Å². The Kier molecular flexibility index (Phi) is 4.88. The van der Waals surface area contributed by atoms with Gasteiger partial charge in [-0.1, -0.05) is 17.9 Å². The normalized spacial score (nSPS) is 11.6. The monoisotopic (exact) mass is 309 g/mol. The second-order valence-corrected chi connectivity index (χ2v) is 3.94. The van der Waals surface area contributed by atoms with Crippen molar-refractivity contribution in [1.82, 2.24) is 5.32 Å². The van der Waals surface area contributed by atoms with E-state index in [1.165, 1.54) is 0 Å². The lowest BCUT2D eigenvalue weighted by Crippen LogP contribution is -2.20. The van der Waals surface area contributed by atoms with E-state index in [4.69, 9.17) is 0 Å². The topological polar surface area (TPSA) is 29.1 Å². The molecule has 1 N–H and O–H groups in total. The molecule has 0 saturated carbocycles. The number of hydrogen-bond donors (Lipinski definition) is 1. The molecule has 1 amide bonds. The van der Waals surface area contributed by atoms with Gasteiger partial charge in [-0.3, -0.25) is 4.79 Å². The smallest absolute Gasteiger partial charge is 0.345 e. The second-order valence-electron chi connectivity index (χ2n) is 3.94. The lowest BCUT2D eigenvalue weighted by Gasteiger charge is -2.14. The zero-order valence-electron chi connectivity index (χ0n) is 10.6. The van der Waals surface area contributed by atoms with Crippen LogP contribution in [0.4, 0.5) is 26.3 Å². The zero-order chi connectivity index (χ0) is 16.3. The maximum absolute atomic E-state index is 12.7. The standard InChI is InChI=1S/C13H9F6NO/c1-8(21)20-7-3-4-9-10(12(14,15)16)5-2-6-11(9)13(17,18)19/h2,5-6H,7H2,1H3,(H,20,21). The maximum atomic E-state index is 12.7. The molecule has 21 heavy (non-hydrogen) atoms. The number of carbonyl (C=O) groups is 1. The van der Waals surface area contributed by atoms with Gasteiger partial charge in [0.05, 0.1) is 17.7 Å². The first-order valence-electron chi connectivity index (χ1n) is 5.54. The van der Waals surface area contributed by atoms with Gasteiger partial charge < -0.3 is 5.32 Å². The molecular weight excluding hydrogens is 300 g/mol. The molecule has 0 heterocycles. The Hall–Kier alpha value is -2.17. The van der Waals surface area contributed by atoms with Crippen molar-refractivity contribution in [3.8, 4) is 11.8 Å². The highest BCUT2D eigenvalue weighted by molar-refractivity contribution is 5.73. The first-order chi connectivity index (χ1) is 9.53. The first-order valence-corrected chi connectivity index (χ1v) is 5.54. The van der Waals surface area contributed by atoms with Crippen LogP contribution >= 0.6 is 0 Å². The Balaban J connectivity index is 3.33. The van der Waals surface area contributed by atoms with E-state index in [0.29, 0.717) is 18.2 Å². The third kappa shape index (κ3) is 4.70. The van der Waals surface area contributed by atoms with E-state index in [0.717, 1.165) is 6.92 Å². The summed E-state index contributed by atoms with van der Waals surface area (Å²) in [6, 6.07) is 1.72. The molecule has 8 heteroatoms. The van der Waals surface area contributed by atoms with Crippen LogP contribution in [-0.2, 0) is 17.1 Å². The van der Waals surface area contributed by atoms with Gasteiger partial charge >= 0.3 is 12.4 Å². The van der Waals surface area contributed by atoms with Crippen LogP contribution in [0.1, 0.15) is 23.6 Å². The first kappa shape index (κ1) is 16.9. The van der Waals surface area contributed by atoms with Crippen LogP contribution in [0.25, 0.3) is 0 Å². The van der Waals surface area contributed by atoms with Crippen LogP contribution in [-0.4, -0.2) is 12.5 Å². The lowest BCUT2D eigenvalue weighted by atomic mass is 10.0. The van der Waals surface area contributed by atoms with Crippen LogP contribution in [0.15, 0.2) is 18.2 Å². The minimum absolute atomic E-state index is 0.348. The summed E-state index contributed by atoms with van der Waals surface area (Å²) in [5, 5.41) is 2.16. The Bertz CT molecular complexity index is 559. The van der Waals surface area contributed by atoms with Crippen molar-refractivity contribution < 1.29 is 31.1 Å². The minimum Gasteiger partial charge on any atom is -0.345 e. The number of rotatable bonds is 1. The summed E-state index contributed by atoms with van der Waals surface area (Å²) < 4.78 is 76.5. The summed E-state index contributed by atoms with van der Waals surface area (Å²) in [4.78, 5) is 10.6. The van der Waals surface area contributed by atoms with Crippen molar-refractivity contribution in [3.05, 3.63) is 34.9 Å². The molecule has 1 aromatic carbocycles. The van der Waals surface area contributed by atoms with E-state index in [9.17, 15) is 31.1 Å². The van der Waals surface area contributed by atoms with Gasteiger partial charge in [0, 0.05) is 12.5 Å². The van der Waals surface area contributed by atoms with E-state index < -0.39 is 35.0 Å². The number of alkyl halides is 6. The van der Waals surface area contributed by atoms with Crippen LogP contribution in [0, 0.1) is 11.8 Å². The molecule has 1 rings (SSSR count). The highest BCUT2D eigenvalue weighted by atomic mass is 19.4. The third-order valence-corrected chi connectivity index (χ3v) is 2.31. The Morgan fingerprint density at radius 1 is 1.10 bits per heavy atom. The van der Waals surface area contributed by atoms with Gasteiger partial charge in [-0.05, 0) is 12.1 Å². The molecule has 114 valence electrons. The molecule has 0 fully saturated rings. The Morgan fingerprint density at radius 2 is 1.57 bits per heavy atom. The highest BCUT2D eigenvalue weighted by Gasteiger charge is 2.40. The SMILES string of the molecule is CC(=O)NCC#Cc1c(C(F)(F)F)cccc1C(F)(F)F. The number of amides is 1. The van der Waals surface area contributed by atoms with Gasteiger partial charge in [-0.2, -0.15) is 26.3 Å². The average Bonchev–Trinajstić information content (AvgIpc) is 2.31. The minimum atomic E-state index is -4.96. The molecule has 0 atom stereocenters. The number of hydrogen-bond acceptors (Lipinski definition) is 1. The van der Waals surface area contributed by atoms with Crippen molar-refractivity contribution in [2.75, 3.05) is 6.54 Å². The molecule has 0 unspecified atom stereocenters. The lowest BCUT2D eigenvalue weighted by molar-refractivity contribution is -0.143. The van der Waals surface area contributed by atoms with Crippen LogP contribution in [0.2, 0.25) is 0 Å². The molecule has 0 aliphatic rings. The maximum Gasteiger partial charge on any atom is 0.417 e. The van der Waals surface area contributed by atoms with Gasteiger partial charge in [-0.15, -0.1) is 0 Å². The summed E-state index contributed by atoms with van der Waals surface area (Å²) in [5.74, 6) is 3.43. The van der Waals surface area contributed by atoms with Gasteiger partial charge in [0.2, 0.25) is 5.91 Å². The molecule has 0 aromatic heterocycles. The number of carbonyl (C=O) groups excluding carboxylic acids is 1. The largest absolute Gasteiger partial charge is 0.417 e.